The van der Waals surface area contributed by atoms with Gasteiger partial charge in [0.15, 0.2) is 0 Å². The van der Waals surface area contributed by atoms with Crippen LogP contribution in [0.25, 0.3) is 33.4 Å². The predicted octanol–water partition coefficient (Wildman–Crippen LogP) is 9.22. The second-order valence-corrected chi connectivity index (χ2v) is 10.4. The van der Waals surface area contributed by atoms with Gasteiger partial charge in [0.2, 0.25) is 5.88 Å². The molecule has 43 heavy (non-hydrogen) atoms. The van der Waals surface area contributed by atoms with Gasteiger partial charge >= 0.3 is 0 Å². The van der Waals surface area contributed by atoms with E-state index in [0.717, 1.165) is 55.4 Å². The molecule has 4 aromatic carbocycles. The number of nitrogens with zero attached hydrogens (tertiary/aromatic N) is 3. The molecular weight excluding hydrogens is 558 g/mol. The zero-order valence-electron chi connectivity index (χ0n) is 24.0. The van der Waals surface area contributed by atoms with E-state index in [1.165, 1.54) is 0 Å². The van der Waals surface area contributed by atoms with E-state index in [0.29, 0.717) is 23.4 Å². The molecule has 7 heteroatoms. The van der Waals surface area contributed by atoms with Gasteiger partial charge in [-0.1, -0.05) is 60.1 Å². The van der Waals surface area contributed by atoms with Crippen LogP contribution in [0.15, 0.2) is 106 Å². The molecule has 0 amide bonds. The van der Waals surface area contributed by atoms with E-state index in [1.54, 1.807) is 20.4 Å². The molecule has 6 nitrogen and oxygen atoms in total. The van der Waals surface area contributed by atoms with Crippen LogP contribution in [0.1, 0.15) is 22.4 Å². The van der Waals surface area contributed by atoms with Crippen LogP contribution in [0.2, 0.25) is 5.02 Å². The van der Waals surface area contributed by atoms with Crippen molar-refractivity contribution in [2.75, 3.05) is 14.2 Å². The average molecular weight is 586 g/mol. The molecule has 0 fully saturated rings. The third-order valence-electron chi connectivity index (χ3n) is 7.61. The third kappa shape index (κ3) is 5.27. The summed E-state index contributed by atoms with van der Waals surface area (Å²) in [6.45, 7) is 2.68. The molecule has 0 bridgehead atoms. The van der Waals surface area contributed by atoms with Gasteiger partial charge in [0, 0.05) is 51.1 Å². The van der Waals surface area contributed by atoms with Crippen molar-refractivity contribution in [3.63, 3.8) is 0 Å². The number of hydrogen-bond donors (Lipinski definition) is 0. The van der Waals surface area contributed by atoms with Gasteiger partial charge in [-0.2, -0.15) is 5.26 Å². The molecule has 0 aliphatic carbocycles. The van der Waals surface area contributed by atoms with Crippen LogP contribution in [0.5, 0.6) is 11.5 Å². The van der Waals surface area contributed by atoms with Gasteiger partial charge in [0.1, 0.15) is 28.9 Å². The number of furan rings is 1. The minimum Gasteiger partial charge on any atom is -0.497 e. The molecule has 6 rings (SSSR count). The minimum absolute atomic E-state index is 0.237. The van der Waals surface area contributed by atoms with Gasteiger partial charge in [0.25, 0.3) is 0 Å². The first-order valence-electron chi connectivity index (χ1n) is 13.7. The Morgan fingerprint density at radius 3 is 2.14 bits per heavy atom. The number of benzene rings is 4. The molecule has 212 valence electrons. The summed E-state index contributed by atoms with van der Waals surface area (Å²) in [4.78, 5) is 4.79. The normalized spacial score (nSPS) is 11.2. The topological polar surface area (TPSA) is 72.7 Å². The molecule has 0 N–H and O–H groups in total. The zero-order chi connectivity index (χ0) is 29.9. The fourth-order valence-electron chi connectivity index (χ4n) is 5.34. The van der Waals surface area contributed by atoms with Crippen LogP contribution < -0.4 is 9.47 Å². The summed E-state index contributed by atoms with van der Waals surface area (Å²) in [7, 11) is 3.25. The van der Waals surface area contributed by atoms with Crippen molar-refractivity contribution in [1.29, 1.82) is 5.26 Å². The van der Waals surface area contributed by atoms with E-state index in [9.17, 15) is 5.26 Å². The summed E-state index contributed by atoms with van der Waals surface area (Å²) in [5.41, 5.74) is 6.71. The minimum atomic E-state index is 0.237. The highest BCUT2D eigenvalue weighted by atomic mass is 35.5. The zero-order valence-corrected chi connectivity index (χ0v) is 24.7. The van der Waals surface area contributed by atoms with Gasteiger partial charge in [-0.25, -0.2) is 4.99 Å². The fourth-order valence-corrected chi connectivity index (χ4v) is 5.53. The van der Waals surface area contributed by atoms with Crippen molar-refractivity contribution in [1.82, 2.24) is 4.57 Å². The predicted molar refractivity (Wildman–Crippen MR) is 172 cm³/mol. The highest BCUT2D eigenvalue weighted by Gasteiger charge is 2.23. The standard InChI is InChI=1S/C36H28ClN3O3/c1-23-31(29-9-5-7-11-33(29)40(23)22-26-8-4-6-10-32(26)37)21-39-36-30(20-38)34(24-12-16-27(41-2)17-13-24)35(43-36)25-14-18-28(42-3)19-15-25/h4-19,21H,22H2,1-3H3. The van der Waals surface area contributed by atoms with Crippen molar-refractivity contribution < 1.29 is 13.9 Å². The molecule has 0 aliphatic heterocycles. The lowest BCUT2D eigenvalue weighted by Crippen LogP contribution is -2.02. The highest BCUT2D eigenvalue weighted by molar-refractivity contribution is 6.31. The van der Waals surface area contributed by atoms with Gasteiger partial charge in [-0.05, 0) is 66.6 Å². The van der Waals surface area contributed by atoms with Crippen LogP contribution in [-0.2, 0) is 6.54 Å². The first kappa shape index (κ1) is 27.9. The lowest BCUT2D eigenvalue weighted by Gasteiger charge is -2.10. The van der Waals surface area contributed by atoms with Crippen LogP contribution in [0, 0.1) is 18.3 Å². The van der Waals surface area contributed by atoms with Crippen molar-refractivity contribution in [3.05, 3.63) is 124 Å². The van der Waals surface area contributed by atoms with E-state index in [2.05, 4.69) is 29.7 Å². The summed E-state index contributed by atoms with van der Waals surface area (Å²) in [6, 6.07) is 33.5. The van der Waals surface area contributed by atoms with Crippen molar-refractivity contribution >= 4 is 34.6 Å². The molecule has 0 radical (unpaired) electrons. The number of nitriles is 1. The van der Waals surface area contributed by atoms with Crippen molar-refractivity contribution in [2.24, 2.45) is 4.99 Å². The van der Waals surface area contributed by atoms with Gasteiger partial charge in [-0.3, -0.25) is 0 Å². The number of aliphatic imine (C=N–C) groups is 1. The molecule has 0 aliphatic rings. The van der Waals surface area contributed by atoms with E-state index >= 15 is 0 Å². The Labute approximate surface area is 255 Å². The Bertz CT molecular complexity index is 2000. The number of aromatic nitrogens is 1. The van der Waals surface area contributed by atoms with Crippen LogP contribution in [0.4, 0.5) is 5.88 Å². The Kier molecular flexibility index (Phi) is 7.74. The lowest BCUT2D eigenvalue weighted by atomic mass is 9.98. The second kappa shape index (κ2) is 11.9. The first-order valence-corrected chi connectivity index (χ1v) is 14.1. The van der Waals surface area contributed by atoms with Crippen LogP contribution >= 0.6 is 11.6 Å². The van der Waals surface area contributed by atoms with Crippen molar-refractivity contribution in [2.45, 2.75) is 13.5 Å². The second-order valence-electron chi connectivity index (χ2n) is 10.0. The molecule has 2 heterocycles. The fraction of sp³-hybridized carbons (Fsp3) is 0.111. The summed E-state index contributed by atoms with van der Waals surface area (Å²) in [6.07, 6.45) is 1.79. The number of halogens is 1. The lowest BCUT2D eigenvalue weighted by molar-refractivity contribution is 0.414. The highest BCUT2D eigenvalue weighted by Crippen LogP contribution is 2.43. The SMILES string of the molecule is COc1ccc(-c2oc(N=Cc3c(C)n(Cc4ccccc4Cl)c4ccccc34)c(C#N)c2-c2ccc(OC)cc2)cc1. The maximum Gasteiger partial charge on any atom is 0.238 e. The summed E-state index contributed by atoms with van der Waals surface area (Å²) >= 11 is 6.51. The maximum atomic E-state index is 10.4. The van der Waals surface area contributed by atoms with Gasteiger partial charge < -0.3 is 18.5 Å². The molecule has 0 saturated carbocycles. The van der Waals surface area contributed by atoms with E-state index < -0.39 is 0 Å². The summed E-state index contributed by atoms with van der Waals surface area (Å²) in [5.74, 6) is 2.23. The van der Waals surface area contributed by atoms with Gasteiger partial charge in [-0.15, -0.1) is 0 Å². The molecule has 0 unspecified atom stereocenters. The average Bonchev–Trinajstić information content (AvgIpc) is 3.55. The molecular formula is C36H28ClN3O3. The number of para-hydroxylation sites is 1. The Hall–Kier alpha value is -5.25. The van der Waals surface area contributed by atoms with E-state index in [-0.39, 0.29) is 5.88 Å². The Morgan fingerprint density at radius 2 is 1.49 bits per heavy atom. The molecule has 0 atom stereocenters. The van der Waals surface area contributed by atoms with Crippen molar-refractivity contribution in [3.8, 4) is 40.0 Å². The molecule has 0 spiro atoms. The van der Waals surface area contributed by atoms with E-state index in [4.69, 9.17) is 30.5 Å². The number of rotatable bonds is 8. The van der Waals surface area contributed by atoms with Crippen LogP contribution in [-0.4, -0.2) is 25.0 Å². The molecule has 0 saturated heterocycles. The summed E-state index contributed by atoms with van der Waals surface area (Å²) < 4.78 is 19.3. The Morgan fingerprint density at radius 1 is 0.860 bits per heavy atom. The number of hydrogen-bond acceptors (Lipinski definition) is 5. The molecule has 6 aromatic rings. The smallest absolute Gasteiger partial charge is 0.238 e. The quantitative estimate of drug-likeness (QED) is 0.167. The summed E-state index contributed by atoms with van der Waals surface area (Å²) in [5, 5.41) is 12.1. The Balaban J connectivity index is 1.48. The molecule has 2 aromatic heterocycles. The first-order chi connectivity index (χ1) is 21.0. The van der Waals surface area contributed by atoms with Crippen LogP contribution in [0.3, 0.4) is 0 Å². The van der Waals surface area contributed by atoms with E-state index in [1.807, 2.05) is 84.9 Å². The maximum absolute atomic E-state index is 10.4. The monoisotopic (exact) mass is 585 g/mol. The number of ether oxygens (including phenoxy) is 2. The largest absolute Gasteiger partial charge is 0.497 e. The number of fused-ring (bicyclic) bond motifs is 1. The third-order valence-corrected chi connectivity index (χ3v) is 7.98. The van der Waals surface area contributed by atoms with Gasteiger partial charge in [0.05, 0.1) is 14.2 Å². The number of methoxy groups -OCH3 is 2.